The van der Waals surface area contributed by atoms with Crippen LogP contribution in [0.4, 0.5) is 5.69 Å². The lowest BCUT2D eigenvalue weighted by Crippen LogP contribution is -2.37. The smallest absolute Gasteiger partial charge is 0.295 e. The molecule has 2 aromatic carbocycles. The van der Waals surface area contributed by atoms with E-state index in [4.69, 9.17) is 4.74 Å². The van der Waals surface area contributed by atoms with Gasteiger partial charge in [0.05, 0.1) is 18.7 Å². The van der Waals surface area contributed by atoms with Crippen LogP contribution >= 0.6 is 0 Å². The molecule has 2 aliphatic rings. The zero-order chi connectivity index (χ0) is 24.6. The summed E-state index contributed by atoms with van der Waals surface area (Å²) in [5.41, 5.74) is 3.47. The van der Waals surface area contributed by atoms with Crippen molar-refractivity contribution in [2.75, 3.05) is 26.1 Å². The summed E-state index contributed by atoms with van der Waals surface area (Å²) in [4.78, 5) is 30.3. The largest absolute Gasteiger partial charge is 0.507 e. The predicted molar refractivity (Wildman–Crippen MR) is 134 cm³/mol. The number of aliphatic hydroxyl groups is 1. The first-order chi connectivity index (χ1) is 16.2. The van der Waals surface area contributed by atoms with E-state index < -0.39 is 17.7 Å². The topological polar surface area (TPSA) is 70.1 Å². The van der Waals surface area contributed by atoms with Crippen LogP contribution in [0.3, 0.4) is 0 Å². The first-order valence-electron chi connectivity index (χ1n) is 12.0. The monoisotopic (exact) mass is 462 g/mol. The molecular formula is C28H34N2O4. The number of amides is 1. The van der Waals surface area contributed by atoms with Crippen molar-refractivity contribution >= 4 is 23.1 Å². The van der Waals surface area contributed by atoms with Gasteiger partial charge in [0.15, 0.2) is 0 Å². The highest BCUT2D eigenvalue weighted by Gasteiger charge is 2.49. The Morgan fingerprint density at radius 1 is 1.06 bits per heavy atom. The van der Waals surface area contributed by atoms with Crippen molar-refractivity contribution in [2.45, 2.75) is 57.5 Å². The van der Waals surface area contributed by atoms with E-state index in [2.05, 4.69) is 0 Å². The van der Waals surface area contributed by atoms with Gasteiger partial charge in [0.25, 0.3) is 11.7 Å². The van der Waals surface area contributed by atoms with E-state index in [1.807, 2.05) is 63.2 Å². The number of Topliss-reactive ketones (excluding diaryl/α,β-unsaturated/α-hetero) is 1. The number of hydrogen-bond donors (Lipinski definition) is 1. The third-order valence-electron chi connectivity index (χ3n) is 7.05. The Hall–Kier alpha value is -3.28. The second-order valence-electron chi connectivity index (χ2n) is 9.74. The number of carbonyl (C=O) groups excluding carboxylic acids is 2. The maximum absolute atomic E-state index is 13.3. The molecule has 180 valence electrons. The van der Waals surface area contributed by atoms with Gasteiger partial charge in [-0.3, -0.25) is 9.59 Å². The summed E-state index contributed by atoms with van der Waals surface area (Å²) in [6.45, 7) is 4.10. The van der Waals surface area contributed by atoms with E-state index >= 15 is 0 Å². The number of likely N-dealkylation sites (tertiary alicyclic amines) is 1. The highest BCUT2D eigenvalue weighted by Crippen LogP contribution is 2.44. The molecule has 1 amide bonds. The van der Waals surface area contributed by atoms with Crippen molar-refractivity contribution in [1.29, 1.82) is 0 Å². The summed E-state index contributed by atoms with van der Waals surface area (Å²) < 4.78 is 5.48. The van der Waals surface area contributed by atoms with E-state index in [0.717, 1.165) is 48.2 Å². The van der Waals surface area contributed by atoms with Crippen LogP contribution in [0.15, 0.2) is 48.0 Å². The molecule has 0 spiro atoms. The summed E-state index contributed by atoms with van der Waals surface area (Å²) in [6.07, 6.45) is 3.82. The Morgan fingerprint density at radius 2 is 1.71 bits per heavy atom. The van der Waals surface area contributed by atoms with Crippen LogP contribution in [0, 0.1) is 0 Å². The first kappa shape index (κ1) is 23.9. The number of hydrogen-bond acceptors (Lipinski definition) is 5. The molecule has 1 aliphatic carbocycles. The minimum atomic E-state index is -0.618. The van der Waals surface area contributed by atoms with E-state index in [-0.39, 0.29) is 23.3 Å². The fraction of sp³-hybridized carbons (Fsp3) is 0.429. The minimum absolute atomic E-state index is 0.00219. The molecule has 6 heteroatoms. The van der Waals surface area contributed by atoms with Crippen LogP contribution in [0.25, 0.3) is 5.76 Å². The SMILES string of the molecule is COc1ccc(/C(O)=C2/C(=O)C(=O)N(C3CCCC3)C2c2ccc(N(C)C)cc2)cc1C(C)C. The van der Waals surface area contributed by atoms with E-state index in [9.17, 15) is 14.7 Å². The summed E-state index contributed by atoms with van der Waals surface area (Å²) >= 11 is 0. The Labute approximate surface area is 201 Å². The molecule has 2 aromatic rings. The first-order valence-corrected chi connectivity index (χ1v) is 12.0. The van der Waals surface area contributed by atoms with Gasteiger partial charge in [0, 0.05) is 31.4 Å². The highest BCUT2D eigenvalue weighted by atomic mass is 16.5. The summed E-state index contributed by atoms with van der Waals surface area (Å²) in [7, 11) is 5.55. The lowest BCUT2D eigenvalue weighted by atomic mass is 9.92. The van der Waals surface area contributed by atoms with Crippen LogP contribution in [0.1, 0.15) is 68.2 Å². The predicted octanol–water partition coefficient (Wildman–Crippen LogP) is 5.25. The summed E-state index contributed by atoms with van der Waals surface area (Å²) in [5, 5.41) is 11.4. The van der Waals surface area contributed by atoms with Crippen LogP contribution < -0.4 is 9.64 Å². The third kappa shape index (κ3) is 4.17. The van der Waals surface area contributed by atoms with Gasteiger partial charge < -0.3 is 19.6 Å². The summed E-state index contributed by atoms with van der Waals surface area (Å²) in [6, 6.07) is 12.7. The molecule has 2 fully saturated rings. The second-order valence-corrected chi connectivity index (χ2v) is 9.74. The molecule has 1 heterocycles. The third-order valence-corrected chi connectivity index (χ3v) is 7.05. The standard InChI is InChI=1S/C28H34N2O4/c1-17(2)22-16-19(12-15-23(22)34-5)26(31)24-25(18-10-13-20(14-11-18)29(3)4)30(28(33)27(24)32)21-8-6-7-9-21/h10-17,21,25,31H,6-9H2,1-5H3/b26-24-. The normalized spacial score (nSPS) is 20.4. The molecule has 0 bridgehead atoms. The lowest BCUT2D eigenvalue weighted by molar-refractivity contribution is -0.141. The molecular weight excluding hydrogens is 428 g/mol. The van der Waals surface area contributed by atoms with Crippen molar-refractivity contribution in [3.05, 3.63) is 64.7 Å². The zero-order valence-electron chi connectivity index (χ0n) is 20.7. The average Bonchev–Trinajstić information content (AvgIpc) is 3.45. The van der Waals surface area contributed by atoms with Crippen molar-refractivity contribution in [3.63, 3.8) is 0 Å². The number of carbonyl (C=O) groups is 2. The molecule has 0 radical (unpaired) electrons. The van der Waals surface area contributed by atoms with Gasteiger partial charge >= 0.3 is 0 Å². The van der Waals surface area contributed by atoms with Gasteiger partial charge in [-0.2, -0.15) is 0 Å². The van der Waals surface area contributed by atoms with Gasteiger partial charge in [-0.25, -0.2) is 0 Å². The van der Waals surface area contributed by atoms with Crippen LogP contribution in [-0.4, -0.2) is 48.9 Å². The number of nitrogens with zero attached hydrogens (tertiary/aromatic N) is 2. The molecule has 1 saturated heterocycles. The number of rotatable bonds is 6. The van der Waals surface area contributed by atoms with Crippen LogP contribution in [0.2, 0.25) is 0 Å². The quantitative estimate of drug-likeness (QED) is 0.361. The fourth-order valence-corrected chi connectivity index (χ4v) is 5.18. The molecule has 6 nitrogen and oxygen atoms in total. The van der Waals surface area contributed by atoms with Gasteiger partial charge in [0.1, 0.15) is 11.5 Å². The summed E-state index contributed by atoms with van der Waals surface area (Å²) in [5.74, 6) is -0.377. The van der Waals surface area contributed by atoms with Crippen molar-refractivity contribution < 1.29 is 19.4 Å². The van der Waals surface area contributed by atoms with Gasteiger partial charge in [-0.15, -0.1) is 0 Å². The van der Waals surface area contributed by atoms with Gasteiger partial charge in [0.2, 0.25) is 0 Å². The van der Waals surface area contributed by atoms with Gasteiger partial charge in [-0.1, -0.05) is 38.8 Å². The number of anilines is 1. The van der Waals surface area contributed by atoms with Crippen LogP contribution in [0.5, 0.6) is 5.75 Å². The number of ketones is 1. The molecule has 1 atom stereocenters. The molecule has 1 aliphatic heterocycles. The Morgan fingerprint density at radius 3 is 2.26 bits per heavy atom. The number of ether oxygens (including phenoxy) is 1. The molecule has 1 N–H and O–H groups in total. The second kappa shape index (κ2) is 9.53. The minimum Gasteiger partial charge on any atom is -0.507 e. The van der Waals surface area contributed by atoms with Crippen molar-refractivity contribution in [2.24, 2.45) is 0 Å². The van der Waals surface area contributed by atoms with Crippen molar-refractivity contribution in [1.82, 2.24) is 4.90 Å². The Bertz CT molecular complexity index is 1110. The molecule has 1 saturated carbocycles. The Balaban J connectivity index is 1.87. The maximum atomic E-state index is 13.3. The number of aliphatic hydroxyl groups excluding tert-OH is 1. The fourth-order valence-electron chi connectivity index (χ4n) is 5.18. The lowest BCUT2D eigenvalue weighted by Gasteiger charge is -2.31. The zero-order valence-corrected chi connectivity index (χ0v) is 20.7. The van der Waals surface area contributed by atoms with E-state index in [0.29, 0.717) is 5.56 Å². The molecule has 4 rings (SSSR count). The molecule has 0 aromatic heterocycles. The maximum Gasteiger partial charge on any atom is 0.295 e. The highest BCUT2D eigenvalue weighted by molar-refractivity contribution is 6.46. The van der Waals surface area contributed by atoms with Gasteiger partial charge in [-0.05, 0) is 60.2 Å². The van der Waals surface area contributed by atoms with E-state index in [1.54, 1.807) is 24.1 Å². The molecule has 34 heavy (non-hydrogen) atoms. The van der Waals surface area contributed by atoms with E-state index in [1.165, 1.54) is 0 Å². The number of methoxy groups -OCH3 is 1. The molecule has 1 unspecified atom stereocenters. The van der Waals surface area contributed by atoms with Crippen LogP contribution in [-0.2, 0) is 9.59 Å². The Kier molecular flexibility index (Phi) is 6.69. The average molecular weight is 463 g/mol. The number of benzene rings is 2. The van der Waals surface area contributed by atoms with Crippen molar-refractivity contribution in [3.8, 4) is 5.75 Å².